The van der Waals surface area contributed by atoms with Crippen molar-refractivity contribution < 1.29 is 19.0 Å². The molecule has 2 fully saturated rings. The number of aromatic nitrogens is 3. The van der Waals surface area contributed by atoms with Gasteiger partial charge in [-0.25, -0.2) is 9.97 Å². The summed E-state index contributed by atoms with van der Waals surface area (Å²) in [4.78, 5) is 25.3. The molecule has 10 heteroatoms. The van der Waals surface area contributed by atoms with Gasteiger partial charge in [0.15, 0.2) is 11.5 Å². The fourth-order valence-electron chi connectivity index (χ4n) is 4.99. The number of nitrogens with zero attached hydrogens (tertiary/aromatic N) is 2. The summed E-state index contributed by atoms with van der Waals surface area (Å²) in [5, 5.41) is 3.15. The van der Waals surface area contributed by atoms with E-state index in [4.69, 9.17) is 19.9 Å². The Morgan fingerprint density at radius 3 is 2.74 bits per heavy atom. The highest BCUT2D eigenvalue weighted by atomic mass is 35.5. The number of hydrogen-bond acceptors (Lipinski definition) is 7. The molecular formula is C25H30ClN5O4. The van der Waals surface area contributed by atoms with E-state index >= 15 is 0 Å². The van der Waals surface area contributed by atoms with E-state index in [1.54, 1.807) is 6.20 Å². The molecule has 1 aromatic carbocycles. The highest BCUT2D eigenvalue weighted by Crippen LogP contribution is 2.48. The first-order valence-corrected chi connectivity index (χ1v) is 12.1. The Bertz CT molecular complexity index is 1220. The van der Waals surface area contributed by atoms with E-state index in [0.717, 1.165) is 31.2 Å². The van der Waals surface area contributed by atoms with Crippen LogP contribution in [-0.2, 0) is 0 Å². The molecule has 1 amide bonds. The van der Waals surface area contributed by atoms with Crippen molar-refractivity contribution in [3.63, 3.8) is 0 Å². The predicted molar refractivity (Wildman–Crippen MR) is 133 cm³/mol. The Balaban J connectivity index is 0.00000253. The number of rotatable bonds is 6. The molecule has 0 atom stereocenters. The maximum absolute atomic E-state index is 13.1. The van der Waals surface area contributed by atoms with Crippen LogP contribution in [0.2, 0.25) is 0 Å². The first kappa shape index (κ1) is 23.7. The second-order valence-electron chi connectivity index (χ2n) is 9.51. The smallest absolute Gasteiger partial charge is 0.255 e. The zero-order chi connectivity index (χ0) is 23.1. The molecule has 3 aromatic rings. The molecule has 3 heterocycles. The van der Waals surface area contributed by atoms with Gasteiger partial charge in [-0.05, 0) is 56.6 Å². The number of aromatic amines is 1. The average Bonchev–Trinajstić information content (AvgIpc) is 3.46. The number of carbonyl (C=O) groups is 1. The number of carbonyl (C=O) groups excluding carboxylic acids is 1. The molecule has 2 aromatic heterocycles. The lowest BCUT2D eigenvalue weighted by atomic mass is 9.86. The molecular weight excluding hydrogens is 470 g/mol. The van der Waals surface area contributed by atoms with Gasteiger partial charge in [-0.1, -0.05) is 6.42 Å². The third-order valence-corrected chi connectivity index (χ3v) is 7.25. The molecule has 186 valence electrons. The summed E-state index contributed by atoms with van der Waals surface area (Å²) in [5.41, 5.74) is 9.07. The van der Waals surface area contributed by atoms with Gasteiger partial charge in [-0.2, -0.15) is 0 Å². The molecule has 0 unspecified atom stereocenters. The highest BCUT2D eigenvalue weighted by Gasteiger charge is 2.29. The molecule has 4 N–H and O–H groups in total. The predicted octanol–water partition coefficient (Wildman–Crippen LogP) is 3.95. The van der Waals surface area contributed by atoms with Gasteiger partial charge in [0, 0.05) is 18.3 Å². The van der Waals surface area contributed by atoms with Crippen LogP contribution in [0.25, 0.3) is 22.3 Å². The molecule has 2 aliphatic carbocycles. The van der Waals surface area contributed by atoms with Crippen LogP contribution in [0.15, 0.2) is 24.7 Å². The maximum atomic E-state index is 13.1. The number of halogens is 1. The lowest BCUT2D eigenvalue weighted by Crippen LogP contribution is -2.40. The van der Waals surface area contributed by atoms with E-state index in [1.165, 1.54) is 25.6 Å². The minimum Gasteiger partial charge on any atom is -0.492 e. The van der Waals surface area contributed by atoms with Gasteiger partial charge >= 0.3 is 0 Å². The fraction of sp³-hybridized carbons (Fsp3) is 0.480. The standard InChI is InChI=1S/C25H29N5O4.ClH/c26-15-4-6-16(7-5-15)30-25(31)17-10-27-23-21(17)28-12-29-22(23)20-18(32-11-14-2-1-3-14)8-9-19-24(20)34-13-33-19;/h8-10,12,14-16,27H,1-7,11,13,26H2,(H,30,31);1H. The van der Waals surface area contributed by atoms with Crippen molar-refractivity contribution in [2.75, 3.05) is 13.4 Å². The second kappa shape index (κ2) is 9.91. The van der Waals surface area contributed by atoms with Crippen molar-refractivity contribution in [1.29, 1.82) is 0 Å². The summed E-state index contributed by atoms with van der Waals surface area (Å²) in [6.07, 6.45) is 10.5. The topological polar surface area (TPSA) is 124 Å². The van der Waals surface area contributed by atoms with Gasteiger partial charge < -0.3 is 30.2 Å². The first-order chi connectivity index (χ1) is 16.7. The van der Waals surface area contributed by atoms with Gasteiger partial charge in [-0.3, -0.25) is 4.79 Å². The van der Waals surface area contributed by atoms with Crippen LogP contribution in [-0.4, -0.2) is 46.3 Å². The zero-order valence-electron chi connectivity index (χ0n) is 19.4. The van der Waals surface area contributed by atoms with Crippen molar-refractivity contribution in [3.8, 4) is 28.5 Å². The number of hydrogen-bond donors (Lipinski definition) is 3. The van der Waals surface area contributed by atoms with E-state index in [0.29, 0.717) is 52.1 Å². The number of H-pyrrole nitrogens is 1. The van der Waals surface area contributed by atoms with E-state index in [1.807, 2.05) is 12.1 Å². The molecule has 1 aliphatic heterocycles. The number of ether oxygens (including phenoxy) is 3. The van der Waals surface area contributed by atoms with E-state index < -0.39 is 0 Å². The first-order valence-electron chi connectivity index (χ1n) is 12.1. The van der Waals surface area contributed by atoms with Crippen LogP contribution in [0.3, 0.4) is 0 Å². The SMILES string of the molecule is Cl.NC1CCC(NC(=O)c2c[nH]c3c(-c4c(OCC5CCC5)ccc5c4OCO5)ncnc23)CC1. The van der Waals surface area contributed by atoms with Crippen LogP contribution in [0.5, 0.6) is 17.2 Å². The van der Waals surface area contributed by atoms with Crippen LogP contribution in [0, 0.1) is 5.92 Å². The van der Waals surface area contributed by atoms with Crippen LogP contribution >= 0.6 is 12.4 Å². The Morgan fingerprint density at radius 1 is 1.14 bits per heavy atom. The molecule has 2 saturated carbocycles. The Hall–Kier alpha value is -3.04. The number of benzene rings is 1. The molecule has 35 heavy (non-hydrogen) atoms. The minimum atomic E-state index is -0.143. The quantitative estimate of drug-likeness (QED) is 0.469. The largest absolute Gasteiger partial charge is 0.492 e. The fourth-order valence-corrected chi connectivity index (χ4v) is 4.99. The van der Waals surface area contributed by atoms with E-state index in [-0.39, 0.29) is 37.2 Å². The van der Waals surface area contributed by atoms with Crippen molar-refractivity contribution >= 4 is 29.3 Å². The third-order valence-electron chi connectivity index (χ3n) is 7.25. The monoisotopic (exact) mass is 499 g/mol. The lowest BCUT2D eigenvalue weighted by molar-refractivity contribution is 0.0927. The Kier molecular flexibility index (Phi) is 6.71. The van der Waals surface area contributed by atoms with Gasteiger partial charge in [0.2, 0.25) is 6.79 Å². The van der Waals surface area contributed by atoms with Gasteiger partial charge in [-0.15, -0.1) is 12.4 Å². The molecule has 0 spiro atoms. The summed E-state index contributed by atoms with van der Waals surface area (Å²) in [6, 6.07) is 4.13. The van der Waals surface area contributed by atoms with E-state index in [9.17, 15) is 4.79 Å². The summed E-state index contributed by atoms with van der Waals surface area (Å²) in [7, 11) is 0. The summed E-state index contributed by atoms with van der Waals surface area (Å²) < 4.78 is 17.7. The molecule has 3 aliphatic rings. The van der Waals surface area contributed by atoms with Crippen molar-refractivity contribution in [1.82, 2.24) is 20.3 Å². The number of nitrogens with one attached hydrogen (secondary N) is 2. The summed E-state index contributed by atoms with van der Waals surface area (Å²) in [6.45, 7) is 0.802. The molecule has 0 saturated heterocycles. The Labute approximate surface area is 209 Å². The van der Waals surface area contributed by atoms with Gasteiger partial charge in [0.25, 0.3) is 5.91 Å². The van der Waals surface area contributed by atoms with Crippen LogP contribution < -0.4 is 25.3 Å². The average molecular weight is 500 g/mol. The number of nitrogens with two attached hydrogens (primary N) is 1. The highest BCUT2D eigenvalue weighted by molar-refractivity contribution is 6.08. The minimum absolute atomic E-state index is 0. The van der Waals surface area contributed by atoms with Crippen molar-refractivity contribution in [2.45, 2.75) is 57.0 Å². The van der Waals surface area contributed by atoms with Gasteiger partial charge in [0.1, 0.15) is 23.3 Å². The zero-order valence-corrected chi connectivity index (χ0v) is 20.2. The molecule has 0 radical (unpaired) electrons. The number of fused-ring (bicyclic) bond motifs is 2. The second-order valence-corrected chi connectivity index (χ2v) is 9.51. The van der Waals surface area contributed by atoms with Crippen molar-refractivity contribution in [2.24, 2.45) is 11.7 Å². The molecule has 0 bridgehead atoms. The summed E-state index contributed by atoms with van der Waals surface area (Å²) >= 11 is 0. The number of amides is 1. The normalized spacial score (nSPS) is 21.3. The van der Waals surface area contributed by atoms with Crippen molar-refractivity contribution in [3.05, 3.63) is 30.2 Å². The summed E-state index contributed by atoms with van der Waals surface area (Å²) in [5.74, 6) is 2.38. The van der Waals surface area contributed by atoms with E-state index in [2.05, 4.69) is 20.3 Å². The molecule has 6 rings (SSSR count). The van der Waals surface area contributed by atoms with Crippen LogP contribution in [0.4, 0.5) is 0 Å². The lowest BCUT2D eigenvalue weighted by Gasteiger charge is -2.26. The van der Waals surface area contributed by atoms with Gasteiger partial charge in [0.05, 0.1) is 23.3 Å². The van der Waals surface area contributed by atoms with Crippen LogP contribution in [0.1, 0.15) is 55.3 Å². The maximum Gasteiger partial charge on any atom is 0.255 e. The Morgan fingerprint density at radius 2 is 1.97 bits per heavy atom. The third kappa shape index (κ3) is 4.50. The molecule has 9 nitrogen and oxygen atoms in total.